The van der Waals surface area contributed by atoms with Crippen molar-refractivity contribution >= 4 is 23.0 Å². The lowest BCUT2D eigenvalue weighted by Crippen LogP contribution is -2.30. The Balaban J connectivity index is 1.88. The summed E-state index contributed by atoms with van der Waals surface area (Å²) in [5, 5.41) is 5.60. The van der Waals surface area contributed by atoms with Crippen LogP contribution in [0.4, 0.5) is 10.6 Å². The number of carbonyl (C=O) groups excluding carboxylic acids is 1. The highest BCUT2D eigenvalue weighted by Crippen LogP contribution is 2.28. The molecule has 0 aliphatic carbocycles. The van der Waals surface area contributed by atoms with Crippen molar-refractivity contribution in [3.63, 3.8) is 0 Å². The van der Waals surface area contributed by atoms with Crippen LogP contribution in [-0.4, -0.2) is 39.2 Å². The van der Waals surface area contributed by atoms with Crippen LogP contribution in [0.25, 0.3) is 16.9 Å². The molecule has 0 aliphatic rings. The Bertz CT molecular complexity index is 973. The average Bonchev–Trinajstić information content (AvgIpc) is 3.06. The molecule has 0 unspecified atom stereocenters. The molecule has 8 heteroatoms. The molecule has 148 valence electrons. The Hall–Kier alpha value is -3.16. The zero-order valence-corrected chi connectivity index (χ0v) is 16.9. The topological polar surface area (TPSA) is 94.0 Å². The highest BCUT2D eigenvalue weighted by Gasteiger charge is 2.15. The van der Waals surface area contributed by atoms with Crippen LogP contribution in [0.3, 0.4) is 0 Å². The van der Waals surface area contributed by atoms with Crippen LogP contribution in [0.15, 0.2) is 24.8 Å². The van der Waals surface area contributed by atoms with E-state index < -0.39 is 0 Å². The molecule has 0 aliphatic heterocycles. The number of aryl methyl sites for hydroxylation is 2. The van der Waals surface area contributed by atoms with E-state index in [0.29, 0.717) is 29.4 Å². The van der Waals surface area contributed by atoms with E-state index in [0.717, 1.165) is 29.0 Å². The summed E-state index contributed by atoms with van der Waals surface area (Å²) in [6.07, 6.45) is 4.02. The van der Waals surface area contributed by atoms with E-state index >= 15 is 0 Å². The fourth-order valence-corrected chi connectivity index (χ4v) is 3.13. The Morgan fingerprint density at radius 1 is 1.18 bits per heavy atom. The van der Waals surface area contributed by atoms with Gasteiger partial charge in [0.1, 0.15) is 18.4 Å². The number of aromatic nitrogens is 4. The first-order valence-corrected chi connectivity index (χ1v) is 9.29. The molecule has 2 heterocycles. The van der Waals surface area contributed by atoms with E-state index in [9.17, 15) is 4.79 Å². The minimum Gasteiger partial charge on any atom is -0.496 e. The Morgan fingerprint density at radius 2 is 1.89 bits per heavy atom. The second-order valence-electron chi connectivity index (χ2n) is 7.19. The summed E-state index contributed by atoms with van der Waals surface area (Å²) in [7, 11) is 1.67. The fraction of sp³-hybridized carbons (Fsp3) is 0.400. The maximum Gasteiger partial charge on any atom is 0.320 e. The number of nitrogens with one attached hydrogen (secondary N) is 2. The van der Waals surface area contributed by atoms with Crippen LogP contribution < -0.4 is 15.4 Å². The van der Waals surface area contributed by atoms with Gasteiger partial charge in [0.2, 0.25) is 0 Å². The monoisotopic (exact) mass is 382 g/mol. The summed E-state index contributed by atoms with van der Waals surface area (Å²) < 4.78 is 7.31. The van der Waals surface area contributed by atoms with E-state index in [1.807, 2.05) is 30.5 Å². The molecule has 1 aromatic carbocycles. The van der Waals surface area contributed by atoms with E-state index in [4.69, 9.17) is 4.74 Å². The van der Waals surface area contributed by atoms with Crippen molar-refractivity contribution in [2.45, 2.75) is 34.1 Å². The standard InChI is InChI=1S/C20H26N6O2/c1-12(2)6-7-21-20(27)25-18-16-19(23-10-22-18)26(11-24-16)15-8-13(3)17(28-5)14(4)9-15/h8-12H,6-7H2,1-5H3,(H2,21,22,23,25,27). The predicted molar refractivity (Wildman–Crippen MR) is 109 cm³/mol. The second-order valence-corrected chi connectivity index (χ2v) is 7.19. The fourth-order valence-electron chi connectivity index (χ4n) is 3.13. The third kappa shape index (κ3) is 4.05. The third-order valence-corrected chi connectivity index (χ3v) is 4.50. The molecule has 0 bridgehead atoms. The van der Waals surface area contributed by atoms with Crippen LogP contribution in [-0.2, 0) is 0 Å². The summed E-state index contributed by atoms with van der Waals surface area (Å²) in [6, 6.07) is 3.73. The largest absolute Gasteiger partial charge is 0.496 e. The molecule has 0 saturated carbocycles. The van der Waals surface area contributed by atoms with Gasteiger partial charge in [-0.25, -0.2) is 19.7 Å². The number of carbonyl (C=O) groups is 1. The lowest BCUT2D eigenvalue weighted by molar-refractivity contribution is 0.251. The summed E-state index contributed by atoms with van der Waals surface area (Å²) >= 11 is 0. The van der Waals surface area contributed by atoms with Crippen LogP contribution in [0, 0.1) is 19.8 Å². The molecule has 8 nitrogen and oxygen atoms in total. The van der Waals surface area contributed by atoms with Gasteiger partial charge >= 0.3 is 6.03 Å². The Morgan fingerprint density at radius 3 is 2.54 bits per heavy atom. The predicted octanol–water partition coefficient (Wildman–Crippen LogP) is 3.61. The molecule has 0 saturated heterocycles. The molecular formula is C20H26N6O2. The number of rotatable bonds is 6. The number of anilines is 1. The van der Waals surface area contributed by atoms with Crippen LogP contribution >= 0.6 is 0 Å². The number of fused-ring (bicyclic) bond motifs is 1. The highest BCUT2D eigenvalue weighted by atomic mass is 16.5. The molecule has 2 N–H and O–H groups in total. The number of imidazole rings is 1. The van der Waals surface area contributed by atoms with Crippen molar-refractivity contribution in [1.29, 1.82) is 0 Å². The maximum absolute atomic E-state index is 12.1. The molecule has 0 spiro atoms. The first kappa shape index (κ1) is 19.6. The Labute approximate surface area is 164 Å². The van der Waals surface area contributed by atoms with E-state index in [-0.39, 0.29) is 6.03 Å². The minimum absolute atomic E-state index is 0.300. The van der Waals surface area contributed by atoms with Gasteiger partial charge in [0.15, 0.2) is 17.0 Å². The van der Waals surface area contributed by atoms with Gasteiger partial charge < -0.3 is 10.1 Å². The first-order chi connectivity index (χ1) is 13.4. The van der Waals surface area contributed by atoms with Crippen molar-refractivity contribution in [3.05, 3.63) is 35.9 Å². The van der Waals surface area contributed by atoms with Crippen molar-refractivity contribution in [3.8, 4) is 11.4 Å². The molecule has 28 heavy (non-hydrogen) atoms. The number of urea groups is 1. The lowest BCUT2D eigenvalue weighted by atomic mass is 10.1. The summed E-state index contributed by atoms with van der Waals surface area (Å²) in [4.78, 5) is 25.1. The molecule has 2 amide bonds. The number of benzene rings is 1. The highest BCUT2D eigenvalue weighted by molar-refractivity contribution is 5.96. The van der Waals surface area contributed by atoms with Gasteiger partial charge in [0, 0.05) is 12.2 Å². The second kappa shape index (κ2) is 8.24. The van der Waals surface area contributed by atoms with Crippen LogP contribution in [0.2, 0.25) is 0 Å². The first-order valence-electron chi connectivity index (χ1n) is 9.29. The molecule has 0 fully saturated rings. The van der Waals surface area contributed by atoms with E-state index in [1.165, 1.54) is 6.33 Å². The zero-order valence-electron chi connectivity index (χ0n) is 16.9. The smallest absolute Gasteiger partial charge is 0.320 e. The van der Waals surface area contributed by atoms with Gasteiger partial charge in [-0.1, -0.05) is 13.8 Å². The average molecular weight is 382 g/mol. The summed E-state index contributed by atoms with van der Waals surface area (Å²) in [5.41, 5.74) is 4.13. The minimum atomic E-state index is -0.300. The number of amides is 2. The molecule has 3 rings (SSSR count). The van der Waals surface area contributed by atoms with Gasteiger partial charge in [0.25, 0.3) is 0 Å². The summed E-state index contributed by atoms with van der Waals surface area (Å²) in [5.74, 6) is 1.77. The third-order valence-electron chi connectivity index (χ3n) is 4.50. The molecule has 0 radical (unpaired) electrons. The van der Waals surface area contributed by atoms with Crippen molar-refractivity contribution in [2.24, 2.45) is 5.92 Å². The van der Waals surface area contributed by atoms with Gasteiger partial charge in [-0.05, 0) is 49.4 Å². The SMILES string of the molecule is COc1c(C)cc(-n2cnc3c(NC(=O)NCCC(C)C)ncnc32)cc1C. The number of hydrogen-bond acceptors (Lipinski definition) is 5. The van der Waals surface area contributed by atoms with Crippen molar-refractivity contribution in [1.82, 2.24) is 24.8 Å². The number of ether oxygens (including phenoxy) is 1. The quantitative estimate of drug-likeness (QED) is 0.679. The molecule has 2 aromatic heterocycles. The van der Waals surface area contributed by atoms with Gasteiger partial charge in [-0.2, -0.15) is 0 Å². The van der Waals surface area contributed by atoms with Gasteiger partial charge in [0.05, 0.1) is 7.11 Å². The van der Waals surface area contributed by atoms with Crippen LogP contribution in [0.5, 0.6) is 5.75 Å². The van der Waals surface area contributed by atoms with E-state index in [2.05, 4.69) is 39.4 Å². The lowest BCUT2D eigenvalue weighted by Gasteiger charge is -2.12. The van der Waals surface area contributed by atoms with Crippen molar-refractivity contribution < 1.29 is 9.53 Å². The van der Waals surface area contributed by atoms with E-state index in [1.54, 1.807) is 13.4 Å². The molecular weight excluding hydrogens is 356 g/mol. The zero-order chi connectivity index (χ0) is 20.3. The maximum atomic E-state index is 12.1. The van der Waals surface area contributed by atoms with Crippen LogP contribution in [0.1, 0.15) is 31.4 Å². The number of methoxy groups -OCH3 is 1. The molecule has 3 aromatic rings. The normalized spacial score (nSPS) is 11.1. The van der Waals surface area contributed by atoms with Gasteiger partial charge in [-0.15, -0.1) is 0 Å². The Kier molecular flexibility index (Phi) is 5.77. The number of nitrogens with zero attached hydrogens (tertiary/aromatic N) is 4. The van der Waals surface area contributed by atoms with Gasteiger partial charge in [-0.3, -0.25) is 9.88 Å². The number of hydrogen-bond donors (Lipinski definition) is 2. The summed E-state index contributed by atoms with van der Waals surface area (Å²) in [6.45, 7) is 8.83. The molecule has 0 atom stereocenters. The van der Waals surface area contributed by atoms with Crippen molar-refractivity contribution in [2.75, 3.05) is 19.0 Å².